The van der Waals surface area contributed by atoms with Gasteiger partial charge in [0.15, 0.2) is 0 Å². The summed E-state index contributed by atoms with van der Waals surface area (Å²) in [6.45, 7) is 0. The molecule has 3 aromatic rings. The van der Waals surface area contributed by atoms with Crippen LogP contribution in [-0.4, -0.2) is 33.8 Å². The van der Waals surface area contributed by atoms with Crippen molar-refractivity contribution in [2.24, 2.45) is 0 Å². The molecule has 118 valence electrons. The number of aromatic nitrogens is 2. The lowest BCUT2D eigenvalue weighted by Gasteiger charge is -2.08. The number of rotatable bonds is 2. The van der Waals surface area contributed by atoms with E-state index in [2.05, 4.69) is 11.1 Å². The number of esters is 1. The van der Waals surface area contributed by atoms with Gasteiger partial charge in [-0.1, -0.05) is 0 Å². The molecule has 0 saturated carbocycles. The normalized spacial score (nSPS) is 10.3. The molecule has 0 aliphatic carbocycles. The summed E-state index contributed by atoms with van der Waals surface area (Å²) in [7, 11) is 1.27. The van der Waals surface area contributed by atoms with Crippen molar-refractivity contribution < 1.29 is 19.4 Å². The number of nitriles is 1. The second kappa shape index (κ2) is 5.85. The van der Waals surface area contributed by atoms with Crippen molar-refractivity contribution >= 4 is 23.0 Å². The highest BCUT2D eigenvalue weighted by Gasteiger charge is 2.16. The molecule has 0 aliphatic heterocycles. The Balaban J connectivity index is 2.29. The number of nitrogens with zero attached hydrogens (tertiary/aromatic N) is 3. The van der Waals surface area contributed by atoms with Gasteiger partial charge >= 0.3 is 12.1 Å². The Morgan fingerprint density at radius 3 is 2.71 bits per heavy atom. The van der Waals surface area contributed by atoms with Gasteiger partial charge in [0.1, 0.15) is 0 Å². The topological polar surface area (TPSA) is 105 Å². The fourth-order valence-electron chi connectivity index (χ4n) is 2.55. The second-order valence-electron chi connectivity index (χ2n) is 4.95. The molecule has 0 unspecified atom stereocenters. The zero-order valence-electron chi connectivity index (χ0n) is 12.6. The van der Waals surface area contributed by atoms with E-state index in [1.165, 1.54) is 37.8 Å². The van der Waals surface area contributed by atoms with E-state index in [4.69, 9.17) is 4.74 Å². The van der Waals surface area contributed by atoms with E-state index in [1.54, 1.807) is 12.1 Å². The first-order chi connectivity index (χ1) is 11.6. The van der Waals surface area contributed by atoms with Crippen molar-refractivity contribution in [1.82, 2.24) is 9.55 Å². The van der Waals surface area contributed by atoms with Crippen molar-refractivity contribution in [3.8, 4) is 17.2 Å². The molecule has 0 spiro atoms. The molecular weight excluding hydrogens is 310 g/mol. The van der Waals surface area contributed by atoms with Gasteiger partial charge in [-0.05, 0) is 24.3 Å². The van der Waals surface area contributed by atoms with Gasteiger partial charge in [-0.2, -0.15) is 5.26 Å². The van der Waals surface area contributed by atoms with Gasteiger partial charge in [-0.25, -0.2) is 9.59 Å². The van der Waals surface area contributed by atoms with Crippen LogP contribution in [0.4, 0.5) is 4.79 Å². The predicted octanol–water partition coefficient (Wildman–Crippen LogP) is 2.89. The van der Waals surface area contributed by atoms with Gasteiger partial charge < -0.3 is 9.84 Å². The van der Waals surface area contributed by atoms with Crippen molar-refractivity contribution in [3.05, 3.63) is 54.0 Å². The maximum absolute atomic E-state index is 11.8. The molecule has 1 aromatic carbocycles. The Morgan fingerprint density at radius 1 is 1.25 bits per heavy atom. The molecule has 7 nitrogen and oxygen atoms in total. The number of carbonyl (C=O) groups excluding carboxylic acids is 1. The second-order valence-corrected chi connectivity index (χ2v) is 4.95. The van der Waals surface area contributed by atoms with Crippen molar-refractivity contribution in [2.75, 3.05) is 7.11 Å². The summed E-state index contributed by atoms with van der Waals surface area (Å²) in [5.74, 6) is -0.524. The van der Waals surface area contributed by atoms with Crippen molar-refractivity contribution in [1.29, 1.82) is 5.26 Å². The summed E-state index contributed by atoms with van der Waals surface area (Å²) in [5, 5.41) is 19.2. The minimum absolute atomic E-state index is 0.293. The zero-order valence-corrected chi connectivity index (χ0v) is 12.6. The smallest absolute Gasteiger partial charge is 0.416 e. The molecule has 0 atom stereocenters. The molecular formula is C17H11N3O4. The highest BCUT2D eigenvalue weighted by molar-refractivity contribution is 6.00. The Labute approximate surface area is 136 Å². The minimum Gasteiger partial charge on any atom is -0.465 e. The Morgan fingerprint density at radius 2 is 2.04 bits per heavy atom. The number of hydrogen-bond acceptors (Lipinski definition) is 5. The van der Waals surface area contributed by atoms with Gasteiger partial charge in [0.25, 0.3) is 0 Å². The third kappa shape index (κ3) is 2.36. The lowest BCUT2D eigenvalue weighted by molar-refractivity contribution is 0.0600. The number of pyridine rings is 1. The first-order valence-corrected chi connectivity index (χ1v) is 6.88. The predicted molar refractivity (Wildman–Crippen MR) is 84.6 cm³/mol. The number of fused-ring (bicyclic) bond motifs is 1. The monoisotopic (exact) mass is 321 g/mol. The molecule has 7 heteroatoms. The van der Waals surface area contributed by atoms with E-state index < -0.39 is 12.1 Å². The van der Waals surface area contributed by atoms with Gasteiger partial charge in [0.2, 0.25) is 0 Å². The van der Waals surface area contributed by atoms with Crippen LogP contribution in [0.5, 0.6) is 0 Å². The van der Waals surface area contributed by atoms with Crippen LogP contribution in [0, 0.1) is 11.3 Å². The average molecular weight is 321 g/mol. The molecule has 0 radical (unpaired) electrons. The highest BCUT2D eigenvalue weighted by atomic mass is 16.5. The molecule has 0 aliphatic rings. The summed E-state index contributed by atoms with van der Waals surface area (Å²) in [6, 6.07) is 8.27. The highest BCUT2D eigenvalue weighted by Crippen LogP contribution is 2.31. The zero-order chi connectivity index (χ0) is 17.3. The van der Waals surface area contributed by atoms with E-state index in [9.17, 15) is 20.0 Å². The van der Waals surface area contributed by atoms with Crippen LogP contribution >= 0.6 is 0 Å². The van der Waals surface area contributed by atoms with E-state index in [-0.39, 0.29) is 0 Å². The Kier molecular flexibility index (Phi) is 3.72. The summed E-state index contributed by atoms with van der Waals surface area (Å²) in [6.07, 6.45) is 3.25. The summed E-state index contributed by atoms with van der Waals surface area (Å²) >= 11 is 0. The van der Waals surface area contributed by atoms with Gasteiger partial charge in [-0.15, -0.1) is 0 Å². The summed E-state index contributed by atoms with van der Waals surface area (Å²) in [4.78, 5) is 27.1. The third-order valence-electron chi connectivity index (χ3n) is 3.67. The first kappa shape index (κ1) is 15.2. The first-order valence-electron chi connectivity index (χ1n) is 6.88. The van der Waals surface area contributed by atoms with Crippen molar-refractivity contribution in [3.63, 3.8) is 0 Å². The van der Waals surface area contributed by atoms with E-state index in [0.717, 1.165) is 4.57 Å². The van der Waals surface area contributed by atoms with E-state index >= 15 is 0 Å². The number of carbonyl (C=O) groups is 2. The van der Waals surface area contributed by atoms with Crippen LogP contribution in [-0.2, 0) is 4.74 Å². The van der Waals surface area contributed by atoms with Crippen LogP contribution in [0.3, 0.4) is 0 Å². The fraction of sp³-hybridized carbons (Fsp3) is 0.0588. The number of methoxy groups -OCH3 is 1. The molecule has 1 N–H and O–H groups in total. The standard InChI is InChI=1S/C17H11N3O4/c1-24-16(21)10-2-3-11(7-18)13(6-10)14-8-19-9-15-12(14)4-5-20(15)17(22)23/h2-6,8-9H,1H3,(H,22,23). The molecule has 0 fully saturated rings. The molecule has 0 bridgehead atoms. The number of ether oxygens (including phenoxy) is 1. The average Bonchev–Trinajstić information content (AvgIpc) is 3.04. The van der Waals surface area contributed by atoms with Gasteiger partial charge in [0, 0.05) is 28.9 Å². The van der Waals surface area contributed by atoms with Gasteiger partial charge in [0.05, 0.1) is 36.0 Å². The lowest BCUT2D eigenvalue weighted by atomic mass is 9.97. The lowest BCUT2D eigenvalue weighted by Crippen LogP contribution is -2.05. The molecule has 3 rings (SSSR count). The maximum atomic E-state index is 11.8. The SMILES string of the molecule is COC(=O)c1ccc(C#N)c(-c2cncc3c2ccn3C(=O)O)c1. The van der Waals surface area contributed by atoms with E-state index in [1.807, 2.05) is 0 Å². The maximum Gasteiger partial charge on any atom is 0.416 e. The van der Waals surface area contributed by atoms with Crippen molar-refractivity contribution in [2.45, 2.75) is 0 Å². The van der Waals surface area contributed by atoms with Crippen LogP contribution in [0.1, 0.15) is 15.9 Å². The Bertz CT molecular complexity index is 1010. The summed E-state index contributed by atoms with van der Waals surface area (Å²) < 4.78 is 5.75. The van der Waals surface area contributed by atoms with Gasteiger partial charge in [-0.3, -0.25) is 9.55 Å². The fourth-order valence-corrected chi connectivity index (χ4v) is 2.55. The number of benzene rings is 1. The Hall–Kier alpha value is -3.66. The van der Waals surface area contributed by atoms with E-state index in [0.29, 0.717) is 33.2 Å². The third-order valence-corrected chi connectivity index (χ3v) is 3.67. The van der Waals surface area contributed by atoms with Crippen LogP contribution in [0.25, 0.3) is 22.0 Å². The minimum atomic E-state index is -1.13. The molecule has 24 heavy (non-hydrogen) atoms. The number of carboxylic acid groups (broad SMARTS) is 1. The van der Waals surface area contributed by atoms with Crippen LogP contribution in [0.2, 0.25) is 0 Å². The quantitative estimate of drug-likeness (QED) is 0.728. The molecule has 0 saturated heterocycles. The number of hydrogen-bond donors (Lipinski definition) is 1. The molecule has 2 aromatic heterocycles. The largest absolute Gasteiger partial charge is 0.465 e. The summed E-state index contributed by atoms with van der Waals surface area (Å²) in [5.41, 5.74) is 2.09. The molecule has 0 amide bonds. The van der Waals surface area contributed by atoms with Crippen LogP contribution in [0.15, 0.2) is 42.9 Å². The van der Waals surface area contributed by atoms with Crippen LogP contribution < -0.4 is 0 Å². The molecule has 2 heterocycles.